The molecular weight excluding hydrogens is 361 g/mol. The Morgan fingerprint density at radius 2 is 1.95 bits per heavy atom. The number of hydrogen-bond donors (Lipinski definition) is 2. The first-order valence-electron chi connectivity index (χ1n) is 5.92. The summed E-state index contributed by atoms with van der Waals surface area (Å²) < 4.78 is 40.5. The number of nitrogen functional groups attached to an aromatic ring is 1. The smallest absolute Gasteiger partial charge is 0.264 e. The van der Waals surface area contributed by atoms with Crippen molar-refractivity contribution in [2.45, 2.75) is 18.7 Å². The molecule has 112 valence electrons. The molecule has 0 saturated heterocycles. The van der Waals surface area contributed by atoms with Gasteiger partial charge >= 0.3 is 0 Å². The molecule has 0 atom stereocenters. The molecule has 0 bridgehead atoms. The van der Waals surface area contributed by atoms with Gasteiger partial charge in [0.25, 0.3) is 10.0 Å². The largest absolute Gasteiger partial charge is 0.398 e. The van der Waals surface area contributed by atoms with Crippen LogP contribution in [0.2, 0.25) is 0 Å². The minimum absolute atomic E-state index is 0.0239. The number of benzene rings is 1. The number of anilines is 2. The molecule has 2 rings (SSSR count). The van der Waals surface area contributed by atoms with Crippen molar-refractivity contribution in [3.05, 3.63) is 45.9 Å². The first kappa shape index (κ1) is 15.7. The summed E-state index contributed by atoms with van der Waals surface area (Å²) in [5.41, 5.74) is 7.10. The van der Waals surface area contributed by atoms with Crippen LogP contribution in [0.5, 0.6) is 0 Å². The molecule has 0 amide bonds. The average Bonchev–Trinajstić information content (AvgIpc) is 2.37. The van der Waals surface area contributed by atoms with Gasteiger partial charge in [0.1, 0.15) is 10.7 Å². The van der Waals surface area contributed by atoms with Gasteiger partial charge in [-0.15, -0.1) is 0 Å². The van der Waals surface area contributed by atoms with Gasteiger partial charge in [-0.1, -0.05) is 0 Å². The number of halogens is 2. The first-order chi connectivity index (χ1) is 9.70. The van der Waals surface area contributed by atoms with Gasteiger partial charge in [-0.05, 0) is 54.0 Å². The highest BCUT2D eigenvalue weighted by atomic mass is 79.9. The van der Waals surface area contributed by atoms with Gasteiger partial charge in [-0.3, -0.25) is 9.71 Å². The normalized spacial score (nSPS) is 11.4. The van der Waals surface area contributed by atoms with E-state index in [1.54, 1.807) is 26.0 Å². The van der Waals surface area contributed by atoms with E-state index >= 15 is 0 Å². The Labute approximate surface area is 130 Å². The maximum Gasteiger partial charge on any atom is 0.264 e. The highest BCUT2D eigenvalue weighted by Crippen LogP contribution is 2.28. The van der Waals surface area contributed by atoms with E-state index in [-0.39, 0.29) is 15.1 Å². The zero-order chi connectivity index (χ0) is 15.8. The summed E-state index contributed by atoms with van der Waals surface area (Å²) in [5, 5.41) is 0. The lowest BCUT2D eigenvalue weighted by molar-refractivity contribution is 0.599. The van der Waals surface area contributed by atoms with Crippen molar-refractivity contribution in [2.24, 2.45) is 0 Å². The molecule has 8 heteroatoms. The van der Waals surface area contributed by atoms with E-state index < -0.39 is 15.8 Å². The number of aromatic nitrogens is 1. The monoisotopic (exact) mass is 373 g/mol. The Kier molecular flexibility index (Phi) is 4.20. The molecular formula is C13H13BrFN3O2S. The zero-order valence-electron chi connectivity index (χ0n) is 11.3. The second kappa shape index (κ2) is 5.61. The van der Waals surface area contributed by atoms with Gasteiger partial charge in [0.05, 0.1) is 21.5 Å². The van der Waals surface area contributed by atoms with Gasteiger partial charge in [-0.2, -0.15) is 0 Å². The van der Waals surface area contributed by atoms with Crippen molar-refractivity contribution in [3.8, 4) is 0 Å². The summed E-state index contributed by atoms with van der Waals surface area (Å²) >= 11 is 2.95. The lowest BCUT2D eigenvalue weighted by Crippen LogP contribution is -2.16. The maximum atomic E-state index is 13.3. The van der Waals surface area contributed by atoms with Crippen molar-refractivity contribution in [1.29, 1.82) is 0 Å². The molecule has 0 unspecified atom stereocenters. The molecule has 21 heavy (non-hydrogen) atoms. The van der Waals surface area contributed by atoms with E-state index in [2.05, 4.69) is 25.6 Å². The van der Waals surface area contributed by atoms with Crippen molar-refractivity contribution < 1.29 is 12.8 Å². The number of nitrogens with zero attached hydrogens (tertiary/aromatic N) is 1. The van der Waals surface area contributed by atoms with E-state index in [9.17, 15) is 12.8 Å². The molecule has 0 fully saturated rings. The lowest BCUT2D eigenvalue weighted by Gasteiger charge is -2.12. The average molecular weight is 374 g/mol. The predicted octanol–water partition coefficient (Wildman–Crippen LogP) is 2.98. The van der Waals surface area contributed by atoms with E-state index in [1.807, 2.05) is 0 Å². The SMILES string of the molecule is Cc1ccc(NS(=O)(=O)c2cc(Br)c(F)cc2N)c(C)n1. The third-order valence-electron chi connectivity index (χ3n) is 2.81. The molecule has 1 aromatic heterocycles. The van der Waals surface area contributed by atoms with Gasteiger partial charge in [0, 0.05) is 5.69 Å². The van der Waals surface area contributed by atoms with E-state index in [4.69, 9.17) is 5.73 Å². The molecule has 1 heterocycles. The highest BCUT2D eigenvalue weighted by Gasteiger charge is 2.20. The van der Waals surface area contributed by atoms with Gasteiger partial charge < -0.3 is 5.73 Å². The summed E-state index contributed by atoms with van der Waals surface area (Å²) in [4.78, 5) is 3.98. The van der Waals surface area contributed by atoms with Gasteiger partial charge in [0.2, 0.25) is 0 Å². The van der Waals surface area contributed by atoms with Crippen LogP contribution >= 0.6 is 15.9 Å². The summed E-state index contributed by atoms with van der Waals surface area (Å²) in [5.74, 6) is -0.625. The minimum Gasteiger partial charge on any atom is -0.398 e. The van der Waals surface area contributed by atoms with E-state index in [0.717, 1.165) is 17.8 Å². The number of rotatable bonds is 3. The Morgan fingerprint density at radius 3 is 2.57 bits per heavy atom. The fourth-order valence-corrected chi connectivity index (χ4v) is 3.52. The number of hydrogen-bond acceptors (Lipinski definition) is 4. The van der Waals surface area contributed by atoms with Gasteiger partial charge in [0.15, 0.2) is 0 Å². The summed E-state index contributed by atoms with van der Waals surface area (Å²) in [7, 11) is -3.93. The summed E-state index contributed by atoms with van der Waals surface area (Å²) in [6, 6.07) is 5.39. The van der Waals surface area contributed by atoms with Crippen LogP contribution in [-0.2, 0) is 10.0 Å². The first-order valence-corrected chi connectivity index (χ1v) is 8.20. The Morgan fingerprint density at radius 1 is 1.29 bits per heavy atom. The number of nitrogens with one attached hydrogen (secondary N) is 1. The number of pyridine rings is 1. The number of nitrogens with two attached hydrogens (primary N) is 1. The van der Waals surface area contributed by atoms with Crippen molar-refractivity contribution >= 4 is 37.3 Å². The summed E-state index contributed by atoms with van der Waals surface area (Å²) in [6.45, 7) is 3.50. The van der Waals surface area contributed by atoms with Crippen molar-refractivity contribution in [2.75, 3.05) is 10.5 Å². The van der Waals surface area contributed by atoms with Gasteiger partial charge in [-0.25, -0.2) is 12.8 Å². The lowest BCUT2D eigenvalue weighted by atomic mass is 10.3. The van der Waals surface area contributed by atoms with Crippen LogP contribution in [-0.4, -0.2) is 13.4 Å². The molecule has 1 aromatic carbocycles. The highest BCUT2D eigenvalue weighted by molar-refractivity contribution is 9.10. The minimum atomic E-state index is -3.93. The zero-order valence-corrected chi connectivity index (χ0v) is 13.7. The molecule has 0 aliphatic heterocycles. The predicted molar refractivity (Wildman–Crippen MR) is 83.0 cm³/mol. The van der Waals surface area contributed by atoms with Crippen molar-refractivity contribution in [3.63, 3.8) is 0 Å². The van der Waals surface area contributed by atoms with Crippen LogP contribution < -0.4 is 10.5 Å². The third-order valence-corrected chi connectivity index (χ3v) is 4.84. The van der Waals surface area contributed by atoms with Crippen LogP contribution in [0.25, 0.3) is 0 Å². The molecule has 5 nitrogen and oxygen atoms in total. The van der Waals surface area contributed by atoms with Crippen LogP contribution in [0.1, 0.15) is 11.4 Å². The Balaban J connectivity index is 2.46. The molecule has 0 aliphatic carbocycles. The topological polar surface area (TPSA) is 85.1 Å². The number of aryl methyl sites for hydroxylation is 2. The Bertz CT molecular complexity index is 809. The third kappa shape index (κ3) is 3.33. The standard InChI is InChI=1S/C13H13BrFN3O2S/c1-7-3-4-12(8(2)17-7)18-21(19,20)13-5-9(14)10(15)6-11(13)16/h3-6,18H,16H2,1-2H3. The molecule has 0 radical (unpaired) electrons. The quantitative estimate of drug-likeness (QED) is 0.809. The Hall–Kier alpha value is -1.67. The van der Waals surface area contributed by atoms with Crippen LogP contribution in [0.4, 0.5) is 15.8 Å². The van der Waals surface area contributed by atoms with Crippen LogP contribution in [0, 0.1) is 19.7 Å². The van der Waals surface area contributed by atoms with E-state index in [1.165, 1.54) is 0 Å². The second-order valence-corrected chi connectivity index (χ2v) is 7.00. The van der Waals surface area contributed by atoms with E-state index in [0.29, 0.717) is 11.4 Å². The molecule has 0 saturated carbocycles. The summed E-state index contributed by atoms with van der Waals surface area (Å²) in [6.07, 6.45) is 0. The van der Waals surface area contributed by atoms with Crippen LogP contribution in [0.15, 0.2) is 33.6 Å². The molecule has 0 aliphatic rings. The molecule has 0 spiro atoms. The fraction of sp³-hybridized carbons (Fsp3) is 0.154. The van der Waals surface area contributed by atoms with Crippen molar-refractivity contribution in [1.82, 2.24) is 4.98 Å². The maximum absolute atomic E-state index is 13.3. The fourth-order valence-electron chi connectivity index (χ4n) is 1.77. The van der Waals surface area contributed by atoms with Crippen LogP contribution in [0.3, 0.4) is 0 Å². The second-order valence-electron chi connectivity index (χ2n) is 4.50. The molecule has 2 aromatic rings. The number of sulfonamides is 1. The molecule has 3 N–H and O–H groups in total.